The van der Waals surface area contributed by atoms with Crippen molar-refractivity contribution in [3.05, 3.63) is 77.0 Å². The molecule has 0 spiro atoms. The summed E-state index contributed by atoms with van der Waals surface area (Å²) in [5.74, 6) is 0.884. The zero-order chi connectivity index (χ0) is 23.4. The number of pyridine rings is 1. The number of amides is 1. The first-order valence-electron chi connectivity index (χ1n) is 11.2. The van der Waals surface area contributed by atoms with Gasteiger partial charge in [0.15, 0.2) is 0 Å². The lowest BCUT2D eigenvalue weighted by Crippen LogP contribution is -2.20. The average Bonchev–Trinajstić information content (AvgIpc) is 3.32. The number of hydrogen-bond acceptors (Lipinski definition) is 5. The predicted octanol–water partition coefficient (Wildman–Crippen LogP) is 4.71. The number of aromatic nitrogens is 1. The molecule has 8 heteroatoms. The summed E-state index contributed by atoms with van der Waals surface area (Å²) in [7, 11) is 0. The summed E-state index contributed by atoms with van der Waals surface area (Å²) in [5.41, 5.74) is 1.63. The molecule has 1 aliphatic carbocycles. The molecule has 2 aliphatic heterocycles. The van der Waals surface area contributed by atoms with Crippen molar-refractivity contribution in [2.45, 2.75) is 37.7 Å². The van der Waals surface area contributed by atoms with Gasteiger partial charge in [-0.1, -0.05) is 6.07 Å². The highest BCUT2D eigenvalue weighted by atomic mass is 19.1. The molecule has 6 nitrogen and oxygen atoms in total. The Labute approximate surface area is 193 Å². The topological polar surface area (TPSA) is 77.5 Å². The number of nitrogens with one attached hydrogen (secondary N) is 1. The van der Waals surface area contributed by atoms with Crippen molar-refractivity contribution in [2.24, 2.45) is 5.92 Å². The van der Waals surface area contributed by atoms with Crippen molar-refractivity contribution in [1.29, 1.82) is 0 Å². The number of ketones is 1. The predicted molar refractivity (Wildman–Crippen MR) is 118 cm³/mol. The van der Waals surface area contributed by atoms with Gasteiger partial charge in [0.2, 0.25) is 5.91 Å². The molecule has 34 heavy (non-hydrogen) atoms. The lowest BCUT2D eigenvalue weighted by atomic mass is 10.0. The molecule has 0 radical (unpaired) electrons. The monoisotopic (exact) mass is 462 g/mol. The number of carbonyl (C=O) groups is 2. The molecular formula is C26H20F2N2O4. The molecule has 1 N–H and O–H groups in total. The molecule has 1 fully saturated rings. The number of ether oxygens (including phenoxy) is 2. The zero-order valence-corrected chi connectivity index (χ0v) is 18.0. The highest BCUT2D eigenvalue weighted by Gasteiger charge is 2.59. The van der Waals surface area contributed by atoms with E-state index in [0.717, 1.165) is 29.0 Å². The zero-order valence-electron chi connectivity index (χ0n) is 18.0. The van der Waals surface area contributed by atoms with Gasteiger partial charge in [-0.15, -0.1) is 0 Å². The second-order valence-corrected chi connectivity index (χ2v) is 8.88. The number of nitrogens with zero attached hydrogens (tertiary/aromatic N) is 1. The van der Waals surface area contributed by atoms with Crippen LogP contribution < -0.4 is 14.8 Å². The second kappa shape index (κ2) is 7.90. The minimum Gasteiger partial charge on any atom is -0.489 e. The van der Waals surface area contributed by atoms with E-state index in [-0.39, 0.29) is 48.0 Å². The molecule has 3 atom stereocenters. The highest BCUT2D eigenvalue weighted by Crippen LogP contribution is 2.60. The van der Waals surface area contributed by atoms with E-state index in [2.05, 4.69) is 10.3 Å². The number of rotatable bonds is 6. The normalized spacial score (nSPS) is 21.6. The number of hydrogen-bond donors (Lipinski definition) is 1. The van der Waals surface area contributed by atoms with E-state index in [4.69, 9.17) is 9.47 Å². The van der Waals surface area contributed by atoms with Gasteiger partial charge in [0.25, 0.3) is 0 Å². The van der Waals surface area contributed by atoms with E-state index in [9.17, 15) is 18.4 Å². The molecule has 3 heterocycles. The molecule has 1 aromatic heterocycles. The Morgan fingerprint density at radius 2 is 1.97 bits per heavy atom. The van der Waals surface area contributed by atoms with E-state index in [1.807, 2.05) is 18.2 Å². The molecule has 1 saturated carbocycles. The van der Waals surface area contributed by atoms with E-state index in [1.165, 1.54) is 6.07 Å². The van der Waals surface area contributed by atoms with Gasteiger partial charge in [-0.25, -0.2) is 13.8 Å². The fourth-order valence-corrected chi connectivity index (χ4v) is 4.97. The maximum absolute atomic E-state index is 13.9. The molecule has 0 unspecified atom stereocenters. The van der Waals surface area contributed by atoms with Gasteiger partial charge in [-0.05, 0) is 42.8 Å². The minimum absolute atomic E-state index is 0.0195. The molecule has 0 saturated heterocycles. The van der Waals surface area contributed by atoms with Gasteiger partial charge in [0.1, 0.15) is 46.6 Å². The molecular weight excluding hydrogens is 442 g/mol. The lowest BCUT2D eigenvalue weighted by Gasteiger charge is -2.19. The first-order chi connectivity index (χ1) is 16.5. The van der Waals surface area contributed by atoms with Gasteiger partial charge in [0.05, 0.1) is 0 Å². The van der Waals surface area contributed by atoms with Crippen LogP contribution in [0.1, 0.15) is 35.4 Å². The maximum atomic E-state index is 13.9. The summed E-state index contributed by atoms with van der Waals surface area (Å²) >= 11 is 0. The fourth-order valence-electron chi connectivity index (χ4n) is 4.97. The largest absolute Gasteiger partial charge is 0.489 e. The molecule has 172 valence electrons. The van der Waals surface area contributed by atoms with Gasteiger partial charge < -0.3 is 14.8 Å². The van der Waals surface area contributed by atoms with Crippen LogP contribution in [0, 0.1) is 17.6 Å². The van der Waals surface area contributed by atoms with Crippen LogP contribution in [-0.2, 0) is 22.4 Å². The Hall–Kier alpha value is -3.81. The third-order valence-electron chi connectivity index (χ3n) is 6.70. The van der Waals surface area contributed by atoms with Crippen LogP contribution in [0.25, 0.3) is 0 Å². The molecule has 2 aromatic carbocycles. The number of halogens is 2. The molecule has 6 rings (SSSR count). The third kappa shape index (κ3) is 3.59. The maximum Gasteiger partial charge on any atom is 0.225 e. The van der Waals surface area contributed by atoms with E-state index >= 15 is 0 Å². The third-order valence-corrected chi connectivity index (χ3v) is 6.70. The molecule has 3 aromatic rings. The number of Topliss-reactive ketones (excluding diaryl/α,β-unsaturated/α-hetero) is 1. The standard InChI is InChI=1S/C26H20F2N2O4/c27-19-2-1-3-20(28)16(19)10-13(31)11-18-24-17-12-14(4-6-21(17)34-25(18)24)33-22-8-9-29-26-15(22)5-7-23(32)30-26/h1-4,6,8-9,12,18,24-25H,5,7,10-11H2,(H,29,30,32)/t18-,24-,25+/m0/s1. The second-order valence-electron chi connectivity index (χ2n) is 8.88. The van der Waals surface area contributed by atoms with Crippen LogP contribution in [0.4, 0.5) is 14.6 Å². The first-order valence-corrected chi connectivity index (χ1v) is 11.2. The summed E-state index contributed by atoms with van der Waals surface area (Å²) in [4.78, 5) is 28.4. The van der Waals surface area contributed by atoms with E-state index < -0.39 is 11.6 Å². The van der Waals surface area contributed by atoms with Gasteiger partial charge in [-0.2, -0.15) is 0 Å². The summed E-state index contributed by atoms with van der Waals surface area (Å²) < 4.78 is 39.9. The number of anilines is 1. The van der Waals surface area contributed by atoms with E-state index in [0.29, 0.717) is 30.2 Å². The van der Waals surface area contributed by atoms with Crippen molar-refractivity contribution in [1.82, 2.24) is 4.98 Å². The minimum atomic E-state index is -0.703. The first kappa shape index (κ1) is 20.8. The van der Waals surface area contributed by atoms with Crippen molar-refractivity contribution < 1.29 is 27.8 Å². The van der Waals surface area contributed by atoms with Crippen LogP contribution in [0.3, 0.4) is 0 Å². The Morgan fingerprint density at radius 1 is 1.15 bits per heavy atom. The van der Waals surface area contributed by atoms with Gasteiger partial charge in [-0.3, -0.25) is 9.59 Å². The Morgan fingerprint density at radius 3 is 2.79 bits per heavy atom. The number of carbonyl (C=O) groups excluding carboxylic acids is 2. The molecule has 3 aliphatic rings. The van der Waals surface area contributed by atoms with Crippen molar-refractivity contribution in [2.75, 3.05) is 5.32 Å². The average molecular weight is 462 g/mol. The van der Waals surface area contributed by atoms with Gasteiger partial charge >= 0.3 is 0 Å². The van der Waals surface area contributed by atoms with Crippen molar-refractivity contribution in [3.63, 3.8) is 0 Å². The summed E-state index contributed by atoms with van der Waals surface area (Å²) in [6, 6.07) is 10.9. The van der Waals surface area contributed by atoms with E-state index in [1.54, 1.807) is 12.3 Å². The van der Waals surface area contributed by atoms with Crippen LogP contribution in [0.5, 0.6) is 17.2 Å². The smallest absolute Gasteiger partial charge is 0.225 e. The highest BCUT2D eigenvalue weighted by molar-refractivity contribution is 5.93. The molecule has 1 amide bonds. The number of fused-ring (bicyclic) bond motifs is 4. The fraction of sp³-hybridized carbons (Fsp3) is 0.269. The quantitative estimate of drug-likeness (QED) is 0.574. The van der Waals surface area contributed by atoms with Crippen LogP contribution in [0.15, 0.2) is 48.7 Å². The van der Waals surface area contributed by atoms with Gasteiger partial charge in [0, 0.05) is 54.0 Å². The van der Waals surface area contributed by atoms with Crippen molar-refractivity contribution >= 4 is 17.5 Å². The Bertz CT molecular complexity index is 1320. The van der Waals surface area contributed by atoms with Crippen LogP contribution >= 0.6 is 0 Å². The van der Waals surface area contributed by atoms with Crippen LogP contribution in [0.2, 0.25) is 0 Å². The number of benzene rings is 2. The Kier molecular flexibility index (Phi) is 4.83. The summed E-state index contributed by atoms with van der Waals surface area (Å²) in [6.45, 7) is 0. The molecule has 0 bridgehead atoms. The van der Waals surface area contributed by atoms with Crippen LogP contribution in [-0.4, -0.2) is 22.8 Å². The SMILES string of the molecule is O=C(Cc1c(F)cccc1F)C[C@@H]1[C@H]2Oc3ccc(Oc4ccnc5c4CCC(=O)N5)cc3[C@@H]12. The van der Waals surface area contributed by atoms with Crippen molar-refractivity contribution in [3.8, 4) is 17.2 Å². The summed E-state index contributed by atoms with van der Waals surface area (Å²) in [6.07, 6.45) is 2.34. The lowest BCUT2D eigenvalue weighted by molar-refractivity contribution is -0.119. The summed E-state index contributed by atoms with van der Waals surface area (Å²) in [5, 5.41) is 2.76. The Balaban J connectivity index is 1.16.